The van der Waals surface area contributed by atoms with Crippen LogP contribution in [0.25, 0.3) is 0 Å². The van der Waals surface area contributed by atoms with E-state index in [1.165, 1.54) is 11.8 Å². The standard InChI is InChI=1S/C16H18N2O3/c1-4-11-5-7-12(8-6-11)21-13-9-17-15(10(2)3)18-14(13)16(19)20/h5-10H,4H2,1-3H3,(H,19,20). The van der Waals surface area contributed by atoms with Crippen molar-refractivity contribution >= 4 is 5.97 Å². The number of carboxylic acids is 1. The van der Waals surface area contributed by atoms with Gasteiger partial charge in [0.1, 0.15) is 11.6 Å². The molecule has 1 aromatic carbocycles. The molecule has 0 fully saturated rings. The molecule has 5 nitrogen and oxygen atoms in total. The van der Waals surface area contributed by atoms with Gasteiger partial charge in [-0.15, -0.1) is 0 Å². The van der Waals surface area contributed by atoms with E-state index in [9.17, 15) is 9.90 Å². The number of hydrogen-bond acceptors (Lipinski definition) is 4. The minimum atomic E-state index is -1.13. The van der Waals surface area contributed by atoms with Crippen LogP contribution < -0.4 is 4.74 Å². The number of nitrogens with zero attached hydrogens (tertiary/aromatic N) is 2. The zero-order valence-corrected chi connectivity index (χ0v) is 12.3. The molecule has 0 atom stereocenters. The zero-order valence-electron chi connectivity index (χ0n) is 12.3. The lowest BCUT2D eigenvalue weighted by Crippen LogP contribution is -2.08. The summed E-state index contributed by atoms with van der Waals surface area (Å²) in [5.74, 6) is 0.133. The highest BCUT2D eigenvalue weighted by molar-refractivity contribution is 5.88. The Kier molecular flexibility index (Phi) is 4.52. The van der Waals surface area contributed by atoms with Crippen LogP contribution in [0.1, 0.15) is 48.6 Å². The van der Waals surface area contributed by atoms with Gasteiger partial charge in [0, 0.05) is 5.92 Å². The first-order valence-electron chi connectivity index (χ1n) is 6.88. The van der Waals surface area contributed by atoms with Gasteiger partial charge in [0.15, 0.2) is 11.4 Å². The van der Waals surface area contributed by atoms with Gasteiger partial charge < -0.3 is 9.84 Å². The van der Waals surface area contributed by atoms with E-state index in [4.69, 9.17) is 4.74 Å². The highest BCUT2D eigenvalue weighted by atomic mass is 16.5. The van der Waals surface area contributed by atoms with Crippen LogP contribution >= 0.6 is 0 Å². The van der Waals surface area contributed by atoms with Gasteiger partial charge in [-0.25, -0.2) is 14.8 Å². The molecule has 0 amide bonds. The summed E-state index contributed by atoms with van der Waals surface area (Å²) in [6, 6.07) is 7.50. The molecule has 1 aromatic heterocycles. The number of benzene rings is 1. The number of ether oxygens (including phenoxy) is 1. The van der Waals surface area contributed by atoms with E-state index in [2.05, 4.69) is 16.9 Å². The first-order valence-corrected chi connectivity index (χ1v) is 6.88. The Hall–Kier alpha value is -2.43. The second-order valence-corrected chi connectivity index (χ2v) is 5.00. The molecule has 21 heavy (non-hydrogen) atoms. The molecule has 0 saturated carbocycles. The second-order valence-electron chi connectivity index (χ2n) is 5.00. The molecule has 110 valence electrons. The minimum absolute atomic E-state index is 0.0565. The molecule has 1 N–H and O–H groups in total. The molecule has 0 bridgehead atoms. The van der Waals surface area contributed by atoms with E-state index < -0.39 is 5.97 Å². The highest BCUT2D eigenvalue weighted by Crippen LogP contribution is 2.25. The monoisotopic (exact) mass is 286 g/mol. The molecule has 0 unspecified atom stereocenters. The van der Waals surface area contributed by atoms with Gasteiger partial charge in [0.25, 0.3) is 0 Å². The van der Waals surface area contributed by atoms with Gasteiger partial charge in [-0.1, -0.05) is 32.9 Å². The first-order chi connectivity index (χ1) is 10.0. The summed E-state index contributed by atoms with van der Waals surface area (Å²) in [7, 11) is 0. The third-order valence-electron chi connectivity index (χ3n) is 3.05. The molecule has 0 aliphatic heterocycles. The molecule has 0 saturated heterocycles. The smallest absolute Gasteiger partial charge is 0.358 e. The molecular weight excluding hydrogens is 268 g/mol. The summed E-state index contributed by atoms with van der Waals surface area (Å²) < 4.78 is 5.60. The maximum Gasteiger partial charge on any atom is 0.358 e. The average Bonchev–Trinajstić information content (AvgIpc) is 2.48. The maximum atomic E-state index is 11.3. The van der Waals surface area contributed by atoms with Gasteiger partial charge >= 0.3 is 5.97 Å². The van der Waals surface area contributed by atoms with Gasteiger partial charge in [-0.3, -0.25) is 0 Å². The van der Waals surface area contributed by atoms with E-state index in [1.54, 1.807) is 12.1 Å². The van der Waals surface area contributed by atoms with Crippen molar-refractivity contribution in [1.82, 2.24) is 9.97 Å². The van der Waals surface area contributed by atoms with E-state index >= 15 is 0 Å². The topological polar surface area (TPSA) is 72.3 Å². The number of rotatable bonds is 5. The number of carboxylic acid groups (broad SMARTS) is 1. The minimum Gasteiger partial charge on any atom is -0.476 e. The van der Waals surface area contributed by atoms with Gasteiger partial charge in [-0.05, 0) is 24.1 Å². The quantitative estimate of drug-likeness (QED) is 0.908. The van der Waals surface area contributed by atoms with Crippen molar-refractivity contribution < 1.29 is 14.6 Å². The normalized spacial score (nSPS) is 10.7. The van der Waals surface area contributed by atoms with Gasteiger partial charge in [0.2, 0.25) is 0 Å². The predicted octanol–water partition coefficient (Wildman–Crippen LogP) is 3.65. The van der Waals surface area contributed by atoms with E-state index in [0.717, 1.165) is 6.42 Å². The van der Waals surface area contributed by atoms with Crippen molar-refractivity contribution in [2.24, 2.45) is 0 Å². The van der Waals surface area contributed by atoms with Crippen LogP contribution in [0.15, 0.2) is 30.5 Å². The molecule has 2 rings (SSSR count). The highest BCUT2D eigenvalue weighted by Gasteiger charge is 2.17. The lowest BCUT2D eigenvalue weighted by atomic mass is 10.2. The maximum absolute atomic E-state index is 11.3. The van der Waals surface area contributed by atoms with Crippen LogP contribution in [0, 0.1) is 0 Å². The molecule has 2 aromatic rings. The number of aryl methyl sites for hydroxylation is 1. The molecule has 0 aliphatic rings. The lowest BCUT2D eigenvalue weighted by molar-refractivity contribution is 0.0686. The number of aromatic nitrogens is 2. The van der Waals surface area contributed by atoms with Crippen molar-refractivity contribution in [3.05, 3.63) is 47.5 Å². The zero-order chi connectivity index (χ0) is 15.4. The van der Waals surface area contributed by atoms with Crippen molar-refractivity contribution in [3.8, 4) is 11.5 Å². The summed E-state index contributed by atoms with van der Waals surface area (Å²) in [6.07, 6.45) is 2.35. The Balaban J connectivity index is 2.31. The Bertz CT molecular complexity index is 636. The number of hydrogen-bond donors (Lipinski definition) is 1. The van der Waals surface area contributed by atoms with Gasteiger partial charge in [-0.2, -0.15) is 0 Å². The Morgan fingerprint density at radius 1 is 1.29 bits per heavy atom. The largest absolute Gasteiger partial charge is 0.476 e. The van der Waals surface area contributed by atoms with Crippen molar-refractivity contribution in [2.75, 3.05) is 0 Å². The third kappa shape index (κ3) is 3.56. The van der Waals surface area contributed by atoms with E-state index in [0.29, 0.717) is 11.6 Å². The Morgan fingerprint density at radius 2 is 1.95 bits per heavy atom. The molecule has 5 heteroatoms. The fourth-order valence-corrected chi connectivity index (χ4v) is 1.81. The van der Waals surface area contributed by atoms with Crippen LogP contribution in [0.4, 0.5) is 0 Å². The predicted molar refractivity (Wildman–Crippen MR) is 79.0 cm³/mol. The van der Waals surface area contributed by atoms with Crippen molar-refractivity contribution in [3.63, 3.8) is 0 Å². The lowest BCUT2D eigenvalue weighted by Gasteiger charge is -2.10. The van der Waals surface area contributed by atoms with Gasteiger partial charge in [0.05, 0.1) is 6.20 Å². The summed E-state index contributed by atoms with van der Waals surface area (Å²) in [6.45, 7) is 5.88. The molecular formula is C16H18N2O3. The molecule has 1 heterocycles. The van der Waals surface area contributed by atoms with E-state index in [1.807, 2.05) is 26.0 Å². The first kappa shape index (κ1) is 15.0. The van der Waals surface area contributed by atoms with Crippen LogP contribution in [0.3, 0.4) is 0 Å². The molecule has 0 spiro atoms. The SMILES string of the molecule is CCc1ccc(Oc2cnc(C(C)C)nc2C(=O)O)cc1. The van der Waals surface area contributed by atoms with E-state index in [-0.39, 0.29) is 17.4 Å². The third-order valence-corrected chi connectivity index (χ3v) is 3.05. The fourth-order valence-electron chi connectivity index (χ4n) is 1.81. The van der Waals surface area contributed by atoms with Crippen LogP contribution in [-0.2, 0) is 6.42 Å². The average molecular weight is 286 g/mol. The Morgan fingerprint density at radius 3 is 2.48 bits per heavy atom. The van der Waals surface area contributed by atoms with Crippen molar-refractivity contribution in [2.45, 2.75) is 33.1 Å². The Labute approximate surface area is 123 Å². The summed E-state index contributed by atoms with van der Waals surface area (Å²) >= 11 is 0. The number of aromatic carboxylic acids is 1. The van der Waals surface area contributed by atoms with Crippen LogP contribution in [-0.4, -0.2) is 21.0 Å². The summed E-state index contributed by atoms with van der Waals surface area (Å²) in [4.78, 5) is 19.5. The number of carbonyl (C=O) groups is 1. The van der Waals surface area contributed by atoms with Crippen LogP contribution in [0.2, 0.25) is 0 Å². The molecule has 0 radical (unpaired) electrons. The second kappa shape index (κ2) is 6.35. The summed E-state index contributed by atoms with van der Waals surface area (Å²) in [5, 5.41) is 9.26. The molecule has 0 aliphatic carbocycles. The van der Waals surface area contributed by atoms with Crippen molar-refractivity contribution in [1.29, 1.82) is 0 Å². The summed E-state index contributed by atoms with van der Waals surface area (Å²) in [5.41, 5.74) is 1.07. The van der Waals surface area contributed by atoms with Crippen LogP contribution in [0.5, 0.6) is 11.5 Å². The fraction of sp³-hybridized carbons (Fsp3) is 0.312.